The normalized spacial score (nSPS) is 20.5. The molecule has 22 heavy (non-hydrogen) atoms. The minimum absolute atomic E-state index is 0.0794. The summed E-state index contributed by atoms with van der Waals surface area (Å²) in [7, 11) is 0. The van der Waals surface area contributed by atoms with Gasteiger partial charge in [0.15, 0.2) is 0 Å². The first-order valence-corrected chi connectivity index (χ1v) is 8.06. The second-order valence-corrected chi connectivity index (χ2v) is 6.00. The van der Waals surface area contributed by atoms with Crippen LogP contribution in [0, 0.1) is 0 Å². The third-order valence-electron chi connectivity index (χ3n) is 4.45. The second-order valence-electron chi connectivity index (χ2n) is 6.00. The van der Waals surface area contributed by atoms with Crippen molar-refractivity contribution in [3.63, 3.8) is 0 Å². The van der Waals surface area contributed by atoms with Crippen molar-refractivity contribution in [2.75, 3.05) is 32.7 Å². The molecule has 2 aliphatic heterocycles. The fourth-order valence-electron chi connectivity index (χ4n) is 3.25. The van der Waals surface area contributed by atoms with Crippen molar-refractivity contribution in [2.45, 2.75) is 31.7 Å². The number of likely N-dealkylation sites (tertiary alicyclic amines) is 2. The van der Waals surface area contributed by atoms with Gasteiger partial charge in [-0.3, -0.25) is 14.5 Å². The van der Waals surface area contributed by atoms with Crippen molar-refractivity contribution in [3.05, 3.63) is 24.2 Å². The molecule has 6 heteroatoms. The highest BCUT2D eigenvalue weighted by atomic mass is 16.3. The van der Waals surface area contributed by atoms with Crippen LogP contribution in [-0.4, -0.2) is 54.3 Å². The summed E-state index contributed by atoms with van der Waals surface area (Å²) >= 11 is 0. The average molecular weight is 305 g/mol. The van der Waals surface area contributed by atoms with Crippen LogP contribution in [-0.2, 0) is 9.59 Å². The van der Waals surface area contributed by atoms with E-state index >= 15 is 0 Å². The number of rotatable bonds is 6. The van der Waals surface area contributed by atoms with E-state index in [0.29, 0.717) is 19.5 Å². The predicted molar refractivity (Wildman–Crippen MR) is 81.1 cm³/mol. The molecule has 2 saturated heterocycles. The Hall–Kier alpha value is -1.82. The van der Waals surface area contributed by atoms with Crippen LogP contribution in [0.2, 0.25) is 0 Å². The summed E-state index contributed by atoms with van der Waals surface area (Å²) in [6.07, 6.45) is 5.47. The molecule has 1 atom stereocenters. The molecule has 1 N–H and O–H groups in total. The van der Waals surface area contributed by atoms with Gasteiger partial charge in [-0.15, -0.1) is 0 Å². The maximum Gasteiger partial charge on any atom is 0.239 e. The number of hydrogen-bond acceptors (Lipinski definition) is 4. The molecule has 120 valence electrons. The van der Waals surface area contributed by atoms with Crippen LogP contribution < -0.4 is 5.32 Å². The number of nitrogens with zero attached hydrogens (tertiary/aromatic N) is 2. The maximum absolute atomic E-state index is 12.1. The van der Waals surface area contributed by atoms with E-state index in [1.807, 2.05) is 12.1 Å². The molecule has 2 fully saturated rings. The van der Waals surface area contributed by atoms with Gasteiger partial charge in [0.2, 0.25) is 11.8 Å². The van der Waals surface area contributed by atoms with Crippen molar-refractivity contribution in [1.29, 1.82) is 0 Å². The second kappa shape index (κ2) is 6.96. The Morgan fingerprint density at radius 1 is 1.27 bits per heavy atom. The quantitative estimate of drug-likeness (QED) is 0.856. The van der Waals surface area contributed by atoms with E-state index in [-0.39, 0.29) is 24.4 Å². The molecule has 0 aliphatic carbocycles. The van der Waals surface area contributed by atoms with E-state index in [1.165, 1.54) is 12.8 Å². The van der Waals surface area contributed by atoms with Crippen LogP contribution in [0.4, 0.5) is 0 Å². The molecule has 1 aromatic rings. The molecule has 0 bridgehead atoms. The Morgan fingerprint density at radius 2 is 2.09 bits per heavy atom. The topological polar surface area (TPSA) is 65.8 Å². The third-order valence-corrected chi connectivity index (χ3v) is 4.45. The maximum atomic E-state index is 12.1. The van der Waals surface area contributed by atoms with Gasteiger partial charge in [0.25, 0.3) is 0 Å². The molecule has 1 unspecified atom stereocenters. The van der Waals surface area contributed by atoms with Gasteiger partial charge in [-0.1, -0.05) is 0 Å². The summed E-state index contributed by atoms with van der Waals surface area (Å²) in [5.41, 5.74) is 0. The zero-order valence-corrected chi connectivity index (χ0v) is 12.8. The van der Waals surface area contributed by atoms with E-state index in [4.69, 9.17) is 4.42 Å². The Balaban J connectivity index is 1.54. The van der Waals surface area contributed by atoms with Crippen molar-refractivity contribution in [3.8, 4) is 0 Å². The first kappa shape index (κ1) is 15.1. The predicted octanol–water partition coefficient (Wildman–Crippen LogP) is 1.16. The fourth-order valence-corrected chi connectivity index (χ4v) is 3.25. The molecular weight excluding hydrogens is 282 g/mol. The molecule has 3 heterocycles. The Labute approximate surface area is 130 Å². The largest absolute Gasteiger partial charge is 0.468 e. The number of nitrogens with one attached hydrogen (secondary N) is 1. The average Bonchev–Trinajstić information content (AvgIpc) is 3.23. The Morgan fingerprint density at radius 3 is 2.73 bits per heavy atom. The lowest BCUT2D eigenvalue weighted by Gasteiger charge is -2.26. The van der Waals surface area contributed by atoms with Crippen LogP contribution in [0.1, 0.15) is 37.5 Å². The van der Waals surface area contributed by atoms with Crippen molar-refractivity contribution >= 4 is 11.8 Å². The van der Waals surface area contributed by atoms with E-state index in [2.05, 4.69) is 10.2 Å². The van der Waals surface area contributed by atoms with E-state index in [0.717, 1.165) is 25.3 Å². The smallest absolute Gasteiger partial charge is 0.239 e. The molecule has 6 nitrogen and oxygen atoms in total. The summed E-state index contributed by atoms with van der Waals surface area (Å²) in [6.45, 7) is 3.45. The van der Waals surface area contributed by atoms with Crippen molar-refractivity contribution in [1.82, 2.24) is 15.1 Å². The molecule has 2 aliphatic rings. The van der Waals surface area contributed by atoms with Crippen LogP contribution in [0.3, 0.4) is 0 Å². The standard InChI is InChI=1S/C16H23N3O3/c20-15(12-19-9-3-6-16(19)21)17-11-13(14-5-4-10-22-14)18-7-1-2-8-18/h4-5,10,13H,1-3,6-9,11-12H2,(H,17,20). The lowest BCUT2D eigenvalue weighted by molar-refractivity contribution is -0.133. The summed E-state index contributed by atoms with van der Waals surface area (Å²) < 4.78 is 5.53. The van der Waals surface area contributed by atoms with Gasteiger partial charge >= 0.3 is 0 Å². The van der Waals surface area contributed by atoms with E-state index in [9.17, 15) is 9.59 Å². The SMILES string of the molecule is O=C(CN1CCCC1=O)NCC(c1ccco1)N1CCCC1. The molecule has 0 spiro atoms. The number of hydrogen-bond donors (Lipinski definition) is 1. The highest BCUT2D eigenvalue weighted by Crippen LogP contribution is 2.24. The number of carbonyl (C=O) groups excluding carboxylic acids is 2. The zero-order chi connectivity index (χ0) is 15.4. The molecule has 0 aromatic carbocycles. The first-order chi connectivity index (χ1) is 10.7. The van der Waals surface area contributed by atoms with Gasteiger partial charge in [-0.25, -0.2) is 0 Å². The monoisotopic (exact) mass is 305 g/mol. The lowest BCUT2D eigenvalue weighted by Crippen LogP contribution is -2.42. The molecule has 0 radical (unpaired) electrons. The molecule has 0 saturated carbocycles. The van der Waals surface area contributed by atoms with Crippen molar-refractivity contribution < 1.29 is 14.0 Å². The van der Waals surface area contributed by atoms with Gasteiger partial charge in [0.1, 0.15) is 5.76 Å². The number of carbonyl (C=O) groups is 2. The summed E-state index contributed by atoms with van der Waals surface area (Å²) in [6, 6.07) is 3.91. The molecular formula is C16H23N3O3. The van der Waals surface area contributed by atoms with Gasteiger partial charge in [0, 0.05) is 19.5 Å². The summed E-state index contributed by atoms with van der Waals surface area (Å²) in [5.74, 6) is 0.878. The first-order valence-electron chi connectivity index (χ1n) is 8.06. The van der Waals surface area contributed by atoms with Crippen LogP contribution >= 0.6 is 0 Å². The van der Waals surface area contributed by atoms with Gasteiger partial charge < -0.3 is 14.6 Å². The lowest BCUT2D eigenvalue weighted by atomic mass is 10.2. The van der Waals surface area contributed by atoms with Gasteiger partial charge in [-0.2, -0.15) is 0 Å². The van der Waals surface area contributed by atoms with Gasteiger partial charge in [-0.05, 0) is 44.5 Å². The highest BCUT2D eigenvalue weighted by Gasteiger charge is 2.27. The molecule has 2 amide bonds. The number of furan rings is 1. The van der Waals surface area contributed by atoms with Crippen LogP contribution in [0.5, 0.6) is 0 Å². The molecule has 1 aromatic heterocycles. The summed E-state index contributed by atoms with van der Waals surface area (Å²) in [5, 5.41) is 2.96. The number of amides is 2. The van der Waals surface area contributed by atoms with Gasteiger partial charge in [0.05, 0.1) is 18.8 Å². The summed E-state index contributed by atoms with van der Waals surface area (Å²) in [4.78, 5) is 27.6. The van der Waals surface area contributed by atoms with Crippen LogP contribution in [0.25, 0.3) is 0 Å². The minimum atomic E-state index is -0.0917. The Bertz CT molecular complexity index is 509. The third kappa shape index (κ3) is 3.50. The fraction of sp³-hybridized carbons (Fsp3) is 0.625. The minimum Gasteiger partial charge on any atom is -0.468 e. The van der Waals surface area contributed by atoms with E-state index in [1.54, 1.807) is 11.2 Å². The highest BCUT2D eigenvalue weighted by molar-refractivity contribution is 5.85. The Kier molecular flexibility index (Phi) is 4.77. The molecule has 3 rings (SSSR count). The van der Waals surface area contributed by atoms with E-state index < -0.39 is 0 Å². The van der Waals surface area contributed by atoms with Crippen LogP contribution in [0.15, 0.2) is 22.8 Å². The zero-order valence-electron chi connectivity index (χ0n) is 12.8. The van der Waals surface area contributed by atoms with Crippen molar-refractivity contribution in [2.24, 2.45) is 0 Å².